The zero-order valence-electron chi connectivity index (χ0n) is 10.7. The lowest BCUT2D eigenvalue weighted by Crippen LogP contribution is -2.38. The third kappa shape index (κ3) is 2.45. The van der Waals surface area contributed by atoms with Gasteiger partial charge in [-0.1, -0.05) is 12.1 Å². The molecule has 0 saturated carbocycles. The molecule has 0 saturated heterocycles. The van der Waals surface area contributed by atoms with Gasteiger partial charge in [0, 0.05) is 13.2 Å². The van der Waals surface area contributed by atoms with Gasteiger partial charge >= 0.3 is 0 Å². The van der Waals surface area contributed by atoms with E-state index in [1.165, 1.54) is 0 Å². The van der Waals surface area contributed by atoms with Crippen LogP contribution in [0.4, 0.5) is 5.69 Å². The number of para-hydroxylation sites is 2. The Labute approximate surface area is 111 Å². The second-order valence-corrected chi connectivity index (χ2v) is 4.61. The Hall–Kier alpha value is -2.30. The fourth-order valence-corrected chi connectivity index (χ4v) is 2.14. The number of nitrogens with one attached hydrogen (secondary N) is 1. The minimum Gasteiger partial charge on any atom is -0.479 e. The molecule has 1 N–H and O–H groups in total. The Morgan fingerprint density at radius 2 is 2.32 bits per heavy atom. The lowest BCUT2D eigenvalue weighted by Gasteiger charge is -2.26. The Morgan fingerprint density at radius 1 is 1.47 bits per heavy atom. The van der Waals surface area contributed by atoms with Crippen molar-refractivity contribution in [1.29, 1.82) is 0 Å². The van der Waals surface area contributed by atoms with E-state index in [0.717, 1.165) is 17.1 Å². The number of ketones is 1. The maximum atomic E-state index is 12.2. The number of anilines is 1. The maximum Gasteiger partial charge on any atom is 0.181 e. The predicted molar refractivity (Wildman–Crippen MR) is 71.3 cm³/mol. The van der Waals surface area contributed by atoms with Gasteiger partial charge in [0.1, 0.15) is 5.75 Å². The van der Waals surface area contributed by atoms with Crippen LogP contribution in [0.15, 0.2) is 36.5 Å². The molecule has 1 atom stereocenters. The molecule has 1 aliphatic rings. The van der Waals surface area contributed by atoms with Crippen LogP contribution in [-0.2, 0) is 18.3 Å². The first-order valence-corrected chi connectivity index (χ1v) is 6.23. The molecular formula is C14H15N3O2. The smallest absolute Gasteiger partial charge is 0.181 e. The number of benzene rings is 1. The number of aromatic nitrogens is 2. The molecule has 3 rings (SSSR count). The van der Waals surface area contributed by atoms with E-state index < -0.39 is 6.10 Å². The minimum atomic E-state index is -0.447. The molecule has 0 fully saturated rings. The van der Waals surface area contributed by atoms with Gasteiger partial charge in [0.15, 0.2) is 11.9 Å². The van der Waals surface area contributed by atoms with E-state index in [9.17, 15) is 4.79 Å². The van der Waals surface area contributed by atoms with Gasteiger partial charge in [-0.15, -0.1) is 0 Å². The van der Waals surface area contributed by atoms with Crippen LogP contribution in [-0.4, -0.2) is 28.2 Å². The zero-order valence-corrected chi connectivity index (χ0v) is 10.7. The molecule has 1 aromatic carbocycles. The first-order chi connectivity index (χ1) is 9.22. The van der Waals surface area contributed by atoms with Crippen LogP contribution >= 0.6 is 0 Å². The van der Waals surface area contributed by atoms with Crippen molar-refractivity contribution in [3.8, 4) is 5.75 Å². The number of hydrogen-bond acceptors (Lipinski definition) is 4. The molecule has 5 heteroatoms. The Kier molecular flexibility index (Phi) is 2.95. The van der Waals surface area contributed by atoms with Crippen LogP contribution in [0, 0.1) is 0 Å². The predicted octanol–water partition coefficient (Wildman–Crippen LogP) is 1.40. The van der Waals surface area contributed by atoms with E-state index in [1.54, 1.807) is 4.68 Å². The number of fused-ring (bicyclic) bond motifs is 1. The summed E-state index contributed by atoms with van der Waals surface area (Å²) in [5.74, 6) is 0.772. The van der Waals surface area contributed by atoms with Crippen LogP contribution in [0.25, 0.3) is 0 Å². The number of aryl methyl sites for hydroxylation is 1. The number of carbonyl (C=O) groups excluding carboxylic acids is 1. The summed E-state index contributed by atoms with van der Waals surface area (Å²) in [7, 11) is 1.84. The van der Waals surface area contributed by atoms with Crippen molar-refractivity contribution in [3.05, 3.63) is 42.2 Å². The normalized spacial score (nSPS) is 17.2. The van der Waals surface area contributed by atoms with E-state index in [4.69, 9.17) is 4.74 Å². The molecule has 98 valence electrons. The van der Waals surface area contributed by atoms with Gasteiger partial charge in [-0.2, -0.15) is 5.10 Å². The molecule has 0 amide bonds. The van der Waals surface area contributed by atoms with Crippen molar-refractivity contribution in [2.75, 3.05) is 11.9 Å². The molecular weight excluding hydrogens is 242 g/mol. The molecule has 0 radical (unpaired) electrons. The summed E-state index contributed by atoms with van der Waals surface area (Å²) in [6.45, 7) is 0.503. The number of Topliss-reactive ketones (excluding diaryl/α,β-unsaturated/α-hetero) is 1. The van der Waals surface area contributed by atoms with Crippen molar-refractivity contribution in [3.63, 3.8) is 0 Å². The molecule has 2 heterocycles. The second-order valence-electron chi connectivity index (χ2n) is 4.61. The van der Waals surface area contributed by atoms with E-state index >= 15 is 0 Å². The first-order valence-electron chi connectivity index (χ1n) is 6.23. The molecule has 5 nitrogen and oxygen atoms in total. The number of carbonyl (C=O) groups is 1. The summed E-state index contributed by atoms with van der Waals surface area (Å²) >= 11 is 0. The van der Waals surface area contributed by atoms with E-state index in [0.29, 0.717) is 13.0 Å². The van der Waals surface area contributed by atoms with Crippen molar-refractivity contribution < 1.29 is 9.53 Å². The van der Waals surface area contributed by atoms with Crippen LogP contribution in [0.1, 0.15) is 5.69 Å². The van der Waals surface area contributed by atoms with Crippen LogP contribution in [0.5, 0.6) is 5.75 Å². The van der Waals surface area contributed by atoms with Crippen molar-refractivity contribution in [2.24, 2.45) is 7.05 Å². The lowest BCUT2D eigenvalue weighted by molar-refractivity contribution is -0.124. The van der Waals surface area contributed by atoms with Gasteiger partial charge < -0.3 is 10.1 Å². The first kappa shape index (κ1) is 11.8. The summed E-state index contributed by atoms with van der Waals surface area (Å²) in [5, 5.41) is 7.42. The van der Waals surface area contributed by atoms with E-state index in [1.807, 2.05) is 43.6 Å². The molecule has 0 aliphatic carbocycles. The third-order valence-corrected chi connectivity index (χ3v) is 3.12. The minimum absolute atomic E-state index is 0.0423. The summed E-state index contributed by atoms with van der Waals surface area (Å²) < 4.78 is 7.42. The lowest BCUT2D eigenvalue weighted by atomic mass is 10.1. The number of nitrogens with zero attached hydrogens (tertiary/aromatic N) is 2. The third-order valence-electron chi connectivity index (χ3n) is 3.12. The summed E-state index contributed by atoms with van der Waals surface area (Å²) in [6.07, 6.45) is 1.68. The molecule has 1 aliphatic heterocycles. The summed E-state index contributed by atoms with van der Waals surface area (Å²) in [5.41, 5.74) is 1.71. The van der Waals surface area contributed by atoms with Gasteiger partial charge in [0.05, 0.1) is 24.3 Å². The van der Waals surface area contributed by atoms with Crippen molar-refractivity contribution >= 4 is 11.5 Å². The Morgan fingerprint density at radius 3 is 3.11 bits per heavy atom. The van der Waals surface area contributed by atoms with Crippen molar-refractivity contribution in [2.45, 2.75) is 12.5 Å². The van der Waals surface area contributed by atoms with Gasteiger partial charge in [0.2, 0.25) is 0 Å². The fourth-order valence-electron chi connectivity index (χ4n) is 2.14. The molecule has 0 spiro atoms. The highest BCUT2D eigenvalue weighted by molar-refractivity contribution is 5.86. The number of hydrogen-bond donors (Lipinski definition) is 1. The maximum absolute atomic E-state index is 12.2. The van der Waals surface area contributed by atoms with Gasteiger partial charge in [-0.05, 0) is 18.2 Å². The van der Waals surface area contributed by atoms with Gasteiger partial charge in [0.25, 0.3) is 0 Å². The Bertz CT molecular complexity index is 606. The average molecular weight is 257 g/mol. The highest BCUT2D eigenvalue weighted by Gasteiger charge is 2.25. The molecule has 19 heavy (non-hydrogen) atoms. The van der Waals surface area contributed by atoms with Crippen LogP contribution in [0.3, 0.4) is 0 Å². The molecule has 1 unspecified atom stereocenters. The van der Waals surface area contributed by atoms with Crippen molar-refractivity contribution in [1.82, 2.24) is 9.78 Å². The number of rotatable bonds is 3. The van der Waals surface area contributed by atoms with E-state index in [-0.39, 0.29) is 5.78 Å². The van der Waals surface area contributed by atoms with Crippen LogP contribution in [0.2, 0.25) is 0 Å². The monoisotopic (exact) mass is 257 g/mol. The van der Waals surface area contributed by atoms with Gasteiger partial charge in [-0.25, -0.2) is 0 Å². The topological polar surface area (TPSA) is 56.2 Å². The number of ether oxygens (including phenoxy) is 1. The van der Waals surface area contributed by atoms with Crippen LogP contribution < -0.4 is 10.1 Å². The highest BCUT2D eigenvalue weighted by atomic mass is 16.5. The standard InChI is InChI=1S/C14H15N3O2/c1-17-7-6-10(16-17)8-12(18)14-9-15-11-4-2-3-5-13(11)19-14/h2-7,14-15H,8-9H2,1H3. The second kappa shape index (κ2) is 4.76. The highest BCUT2D eigenvalue weighted by Crippen LogP contribution is 2.28. The summed E-state index contributed by atoms with van der Waals surface area (Å²) in [4.78, 5) is 12.2. The fraction of sp³-hybridized carbons (Fsp3) is 0.286. The quantitative estimate of drug-likeness (QED) is 0.903. The van der Waals surface area contributed by atoms with E-state index in [2.05, 4.69) is 10.4 Å². The average Bonchev–Trinajstić information content (AvgIpc) is 2.83. The summed E-state index contributed by atoms with van der Waals surface area (Å²) in [6, 6.07) is 9.48. The molecule has 1 aromatic heterocycles. The molecule has 0 bridgehead atoms. The zero-order chi connectivity index (χ0) is 13.2. The largest absolute Gasteiger partial charge is 0.479 e. The van der Waals surface area contributed by atoms with Gasteiger partial charge in [-0.3, -0.25) is 9.48 Å². The molecule has 2 aromatic rings. The Balaban J connectivity index is 1.69. The SMILES string of the molecule is Cn1ccc(CC(=O)C2CNc3ccccc3O2)n1.